The molecule has 3 aromatic carbocycles. The zero-order valence-electron chi connectivity index (χ0n) is 26.4. The number of imidazole rings is 1. The maximum atomic E-state index is 15.7. The van der Waals surface area contributed by atoms with Crippen LogP contribution < -0.4 is 4.90 Å². The number of fused-ring (bicyclic) bond motifs is 1. The first-order valence-electron chi connectivity index (χ1n) is 17.0. The summed E-state index contributed by atoms with van der Waals surface area (Å²) in [5, 5.41) is 0. The highest BCUT2D eigenvalue weighted by molar-refractivity contribution is 6.02. The lowest BCUT2D eigenvalue weighted by Crippen LogP contribution is -2.57. The number of carbonyl (C=O) groups is 1. The summed E-state index contributed by atoms with van der Waals surface area (Å²) in [7, 11) is 0. The summed E-state index contributed by atoms with van der Waals surface area (Å²) in [4.78, 5) is 25.5. The third kappa shape index (κ3) is 6.32. The normalized spacial score (nSPS) is 19.9. The molecule has 2 fully saturated rings. The van der Waals surface area contributed by atoms with Crippen molar-refractivity contribution >= 4 is 11.6 Å². The van der Waals surface area contributed by atoms with Crippen molar-refractivity contribution < 1.29 is 13.6 Å². The van der Waals surface area contributed by atoms with Crippen LogP contribution in [0.25, 0.3) is 11.4 Å². The highest BCUT2D eigenvalue weighted by Gasteiger charge is 2.44. The third-order valence-corrected chi connectivity index (χ3v) is 10.2. The van der Waals surface area contributed by atoms with Gasteiger partial charge in [0.15, 0.2) is 0 Å². The molecule has 240 valence electrons. The molecule has 8 heteroatoms. The van der Waals surface area contributed by atoms with Crippen LogP contribution in [0.2, 0.25) is 0 Å². The maximum absolute atomic E-state index is 15.7. The fourth-order valence-corrected chi connectivity index (χ4v) is 7.89. The van der Waals surface area contributed by atoms with Crippen LogP contribution in [0.3, 0.4) is 0 Å². The van der Waals surface area contributed by atoms with Crippen LogP contribution in [0, 0.1) is 17.6 Å². The van der Waals surface area contributed by atoms with Gasteiger partial charge in [0.1, 0.15) is 23.6 Å². The van der Waals surface area contributed by atoms with E-state index in [4.69, 9.17) is 0 Å². The molecule has 1 atom stereocenters. The molecule has 7 rings (SSSR count). The molecule has 0 bridgehead atoms. The van der Waals surface area contributed by atoms with E-state index in [0.717, 1.165) is 69.7 Å². The predicted molar refractivity (Wildman–Crippen MR) is 177 cm³/mol. The number of aromatic nitrogens is 2. The third-order valence-electron chi connectivity index (χ3n) is 10.2. The Hall–Kier alpha value is -4.04. The van der Waals surface area contributed by atoms with Gasteiger partial charge in [0.05, 0.1) is 11.3 Å². The maximum Gasteiger partial charge on any atom is 0.258 e. The van der Waals surface area contributed by atoms with Gasteiger partial charge in [0, 0.05) is 55.7 Å². The van der Waals surface area contributed by atoms with E-state index in [2.05, 4.69) is 31.5 Å². The Morgan fingerprint density at radius 2 is 1.59 bits per heavy atom. The largest absolute Gasteiger partial charge is 0.346 e. The quantitative estimate of drug-likeness (QED) is 0.190. The van der Waals surface area contributed by atoms with E-state index in [1.807, 2.05) is 41.6 Å². The Kier molecular flexibility index (Phi) is 9.15. The van der Waals surface area contributed by atoms with Gasteiger partial charge in [-0.05, 0) is 68.8 Å². The van der Waals surface area contributed by atoms with Gasteiger partial charge >= 0.3 is 0 Å². The lowest BCUT2D eigenvalue weighted by molar-refractivity contribution is 0.0382. The number of hydrogen-bond donors (Lipinski definition) is 0. The first-order chi connectivity index (χ1) is 22.6. The lowest BCUT2D eigenvalue weighted by Gasteiger charge is -2.51. The molecule has 3 heterocycles. The van der Waals surface area contributed by atoms with E-state index in [-0.39, 0.29) is 23.6 Å². The minimum absolute atomic E-state index is 0.0428. The first kappa shape index (κ1) is 30.6. The van der Waals surface area contributed by atoms with E-state index in [1.165, 1.54) is 37.5 Å². The Balaban J connectivity index is 1.10. The molecule has 0 spiro atoms. The number of anilines is 1. The predicted octanol–water partition coefficient (Wildman–Crippen LogP) is 7.92. The number of nitrogens with zero attached hydrogens (tertiary/aromatic N) is 5. The highest BCUT2D eigenvalue weighted by atomic mass is 19.1. The second-order valence-electron chi connectivity index (χ2n) is 13.2. The fourth-order valence-electron chi connectivity index (χ4n) is 7.89. The number of rotatable bonds is 9. The van der Waals surface area contributed by atoms with Crippen molar-refractivity contribution in [3.05, 3.63) is 108 Å². The molecular weight excluding hydrogens is 580 g/mol. The molecule has 6 nitrogen and oxygen atoms in total. The minimum Gasteiger partial charge on any atom is -0.346 e. The van der Waals surface area contributed by atoms with Crippen LogP contribution in [-0.2, 0) is 6.54 Å². The van der Waals surface area contributed by atoms with Crippen LogP contribution >= 0.6 is 0 Å². The molecular formula is C38H43F2N5O. The second kappa shape index (κ2) is 13.8. The molecule has 0 radical (unpaired) electrons. The Morgan fingerprint density at radius 1 is 0.826 bits per heavy atom. The van der Waals surface area contributed by atoms with E-state index < -0.39 is 6.17 Å². The van der Waals surface area contributed by atoms with Crippen molar-refractivity contribution in [1.82, 2.24) is 19.4 Å². The van der Waals surface area contributed by atoms with E-state index in [9.17, 15) is 9.18 Å². The molecule has 2 aliphatic heterocycles. The van der Waals surface area contributed by atoms with Gasteiger partial charge in [-0.3, -0.25) is 4.79 Å². The number of carbonyl (C=O) groups excluding carboxylic acids is 1. The molecule has 46 heavy (non-hydrogen) atoms. The average molecular weight is 624 g/mol. The van der Waals surface area contributed by atoms with Crippen LogP contribution in [0.15, 0.2) is 85.2 Å². The van der Waals surface area contributed by atoms with E-state index in [1.54, 1.807) is 18.2 Å². The highest BCUT2D eigenvalue weighted by Crippen LogP contribution is 2.44. The van der Waals surface area contributed by atoms with E-state index >= 15 is 4.39 Å². The molecule has 4 aromatic rings. The van der Waals surface area contributed by atoms with Gasteiger partial charge in [-0.25, -0.2) is 13.8 Å². The van der Waals surface area contributed by atoms with Crippen LogP contribution in [0.5, 0.6) is 0 Å². The molecule has 1 unspecified atom stereocenters. The summed E-state index contributed by atoms with van der Waals surface area (Å²) in [6, 6.07) is 21.5. The van der Waals surface area contributed by atoms with Crippen molar-refractivity contribution in [3.8, 4) is 11.4 Å². The smallest absolute Gasteiger partial charge is 0.258 e. The van der Waals surface area contributed by atoms with Crippen molar-refractivity contribution in [2.45, 2.75) is 70.1 Å². The van der Waals surface area contributed by atoms with Gasteiger partial charge in [-0.2, -0.15) is 0 Å². The average Bonchev–Trinajstić information content (AvgIpc) is 3.56. The van der Waals surface area contributed by atoms with Crippen LogP contribution in [0.4, 0.5) is 14.5 Å². The molecule has 1 saturated heterocycles. The lowest BCUT2D eigenvalue weighted by atomic mass is 9.87. The first-order valence-corrected chi connectivity index (χ1v) is 17.0. The number of halogens is 2. The Bertz CT molecular complexity index is 1630. The van der Waals surface area contributed by atoms with Crippen LogP contribution in [-0.4, -0.2) is 57.5 Å². The molecule has 1 saturated carbocycles. The fraction of sp³-hybridized carbons (Fsp3) is 0.421. The van der Waals surface area contributed by atoms with Crippen molar-refractivity contribution in [3.63, 3.8) is 0 Å². The molecule has 1 amide bonds. The Labute approximate surface area is 270 Å². The zero-order valence-corrected chi connectivity index (χ0v) is 26.4. The molecule has 3 aliphatic rings. The van der Waals surface area contributed by atoms with Gasteiger partial charge < -0.3 is 19.3 Å². The van der Waals surface area contributed by atoms with Crippen molar-refractivity contribution in [2.24, 2.45) is 5.92 Å². The number of likely N-dealkylation sites (tertiary alicyclic amines) is 1. The summed E-state index contributed by atoms with van der Waals surface area (Å²) in [6.07, 6.45) is 11.7. The summed E-state index contributed by atoms with van der Waals surface area (Å²) in [6.45, 7) is 4.25. The minimum atomic E-state index is -0.612. The van der Waals surface area contributed by atoms with Gasteiger partial charge in [-0.15, -0.1) is 0 Å². The molecule has 0 N–H and O–H groups in total. The molecule has 1 aliphatic carbocycles. The van der Waals surface area contributed by atoms with Crippen molar-refractivity contribution in [1.29, 1.82) is 0 Å². The van der Waals surface area contributed by atoms with Crippen LogP contribution in [0.1, 0.15) is 73.5 Å². The zero-order chi connectivity index (χ0) is 31.5. The van der Waals surface area contributed by atoms with Crippen molar-refractivity contribution in [2.75, 3.05) is 31.1 Å². The summed E-state index contributed by atoms with van der Waals surface area (Å²) in [5.74, 6) is 0.579. The van der Waals surface area contributed by atoms with Gasteiger partial charge in [0.2, 0.25) is 0 Å². The second-order valence-corrected chi connectivity index (χ2v) is 13.2. The number of aryl methyl sites for hydroxylation is 1. The number of amides is 1. The summed E-state index contributed by atoms with van der Waals surface area (Å²) >= 11 is 0. The summed E-state index contributed by atoms with van der Waals surface area (Å²) in [5.41, 5.74) is 2.71. The standard InChI is InChI=1S/C38H43F2N5O/c39-30-16-17-33-35(26-30)44(27-28-10-3-1-4-11-28)37(32-14-7-8-15-34(32)40)45(38(33)46)31-18-23-42(24-19-31)21-9-22-43-25-20-41-36(43)29-12-5-2-6-13-29/h2,5-8,12-17,20,25-26,28,31,37H,1,3-4,9-11,18-19,21-24,27H2. The van der Waals surface area contributed by atoms with Gasteiger partial charge in [-0.1, -0.05) is 67.8 Å². The Morgan fingerprint density at radius 3 is 2.37 bits per heavy atom. The summed E-state index contributed by atoms with van der Waals surface area (Å²) < 4.78 is 32.6. The topological polar surface area (TPSA) is 44.6 Å². The number of benzene rings is 3. The van der Waals surface area contributed by atoms with Gasteiger partial charge in [0.25, 0.3) is 5.91 Å². The SMILES string of the molecule is O=C1c2ccc(F)cc2N(CC2CCCCC2)C(c2ccccc2F)N1C1CCN(CCCn2ccnc2-c2ccccc2)CC1. The number of hydrogen-bond acceptors (Lipinski definition) is 4. The molecule has 1 aromatic heterocycles. The van der Waals surface area contributed by atoms with E-state index in [0.29, 0.717) is 29.3 Å². The number of piperidine rings is 1. The monoisotopic (exact) mass is 623 g/mol.